The van der Waals surface area contributed by atoms with Gasteiger partial charge in [0.1, 0.15) is 5.69 Å². The molecule has 1 saturated heterocycles. The van der Waals surface area contributed by atoms with Crippen LogP contribution in [0.2, 0.25) is 0 Å². The molecule has 1 aromatic carbocycles. The van der Waals surface area contributed by atoms with Gasteiger partial charge in [-0.3, -0.25) is 14.5 Å². The van der Waals surface area contributed by atoms with Crippen LogP contribution in [0.25, 0.3) is 10.9 Å². The van der Waals surface area contributed by atoms with Crippen LogP contribution in [0.5, 0.6) is 0 Å². The van der Waals surface area contributed by atoms with Gasteiger partial charge < -0.3 is 15.2 Å². The zero-order valence-electron chi connectivity index (χ0n) is 16.7. The van der Waals surface area contributed by atoms with Gasteiger partial charge in [-0.05, 0) is 25.5 Å². The summed E-state index contributed by atoms with van der Waals surface area (Å²) in [6, 6.07) is 9.78. The average Bonchev–Trinajstić information content (AvgIpc) is 3.30. The third-order valence-electron chi connectivity index (χ3n) is 5.26. The summed E-state index contributed by atoms with van der Waals surface area (Å²) in [5, 5.41) is 4.60. The molecule has 7 nitrogen and oxygen atoms in total. The number of carbonyl (C=O) groups excluding carboxylic acids is 2. The van der Waals surface area contributed by atoms with Crippen molar-refractivity contribution in [1.29, 1.82) is 0 Å². The largest absolute Gasteiger partial charge is 0.351 e. The maximum atomic E-state index is 12.8. The van der Waals surface area contributed by atoms with Crippen LogP contribution >= 0.6 is 11.3 Å². The zero-order chi connectivity index (χ0) is 20.4. The Labute approximate surface area is 173 Å². The number of hydrogen-bond donors (Lipinski definition) is 2. The van der Waals surface area contributed by atoms with E-state index in [2.05, 4.69) is 27.1 Å². The molecule has 1 fully saturated rings. The van der Waals surface area contributed by atoms with Gasteiger partial charge >= 0.3 is 0 Å². The molecular weight excluding hydrogens is 386 g/mol. The normalized spacial score (nSPS) is 15.0. The lowest BCUT2D eigenvalue weighted by Crippen LogP contribution is -2.50. The van der Waals surface area contributed by atoms with Gasteiger partial charge in [0.25, 0.3) is 5.91 Å². The fourth-order valence-electron chi connectivity index (χ4n) is 3.64. The van der Waals surface area contributed by atoms with Crippen molar-refractivity contribution in [3.8, 4) is 0 Å². The molecule has 2 amide bonds. The van der Waals surface area contributed by atoms with Gasteiger partial charge in [0.15, 0.2) is 5.13 Å². The van der Waals surface area contributed by atoms with E-state index in [1.54, 1.807) is 0 Å². The Morgan fingerprint density at radius 2 is 1.97 bits per heavy atom. The number of aryl methyl sites for hydroxylation is 2. The lowest BCUT2D eigenvalue weighted by atomic mass is 10.2. The van der Waals surface area contributed by atoms with E-state index < -0.39 is 0 Å². The van der Waals surface area contributed by atoms with Crippen LogP contribution < -0.4 is 5.32 Å². The number of aromatic amines is 1. The summed E-state index contributed by atoms with van der Waals surface area (Å²) in [5.41, 5.74) is 2.62. The molecule has 4 rings (SSSR count). The number of aromatic nitrogens is 2. The van der Waals surface area contributed by atoms with Gasteiger partial charge in [0.2, 0.25) is 5.91 Å². The van der Waals surface area contributed by atoms with Crippen LogP contribution in [0.1, 0.15) is 28.0 Å². The highest BCUT2D eigenvalue weighted by Crippen LogP contribution is 2.22. The molecule has 3 heterocycles. The predicted octanol–water partition coefficient (Wildman–Crippen LogP) is 2.89. The van der Waals surface area contributed by atoms with Crippen molar-refractivity contribution in [3.63, 3.8) is 0 Å². The minimum atomic E-state index is -0.0585. The molecule has 0 aliphatic carbocycles. The van der Waals surface area contributed by atoms with Crippen molar-refractivity contribution in [2.75, 3.05) is 38.0 Å². The van der Waals surface area contributed by atoms with Crippen LogP contribution in [0.15, 0.2) is 30.3 Å². The Morgan fingerprint density at radius 1 is 1.21 bits per heavy atom. The second-order valence-electron chi connectivity index (χ2n) is 7.26. The monoisotopic (exact) mass is 411 g/mol. The van der Waals surface area contributed by atoms with Gasteiger partial charge in [-0.2, -0.15) is 0 Å². The topological polar surface area (TPSA) is 81.3 Å². The van der Waals surface area contributed by atoms with Gasteiger partial charge in [0, 0.05) is 42.0 Å². The first-order valence-electron chi connectivity index (χ1n) is 9.89. The molecule has 2 N–H and O–H groups in total. The van der Waals surface area contributed by atoms with E-state index in [4.69, 9.17) is 0 Å². The Bertz CT molecular complexity index is 1000. The van der Waals surface area contributed by atoms with Crippen molar-refractivity contribution in [2.24, 2.45) is 0 Å². The van der Waals surface area contributed by atoms with Crippen LogP contribution in [0.4, 0.5) is 5.13 Å². The first kappa shape index (κ1) is 19.6. The summed E-state index contributed by atoms with van der Waals surface area (Å²) in [6.07, 6.45) is 0.866. The minimum absolute atomic E-state index is 0.00987. The summed E-state index contributed by atoms with van der Waals surface area (Å²) in [4.78, 5) is 37.9. The molecule has 1 aliphatic heterocycles. The molecule has 0 atom stereocenters. The molecule has 2 aromatic heterocycles. The highest BCUT2D eigenvalue weighted by atomic mass is 32.1. The van der Waals surface area contributed by atoms with Crippen molar-refractivity contribution in [2.45, 2.75) is 20.3 Å². The summed E-state index contributed by atoms with van der Waals surface area (Å²) in [7, 11) is 0. The number of carbonyl (C=O) groups is 2. The molecule has 0 saturated carbocycles. The Kier molecular flexibility index (Phi) is 5.64. The lowest BCUT2D eigenvalue weighted by molar-refractivity contribution is -0.117. The first-order valence-corrected chi connectivity index (χ1v) is 10.7. The molecule has 29 heavy (non-hydrogen) atoms. The number of benzene rings is 1. The van der Waals surface area contributed by atoms with Crippen molar-refractivity contribution >= 4 is 39.2 Å². The van der Waals surface area contributed by atoms with E-state index in [9.17, 15) is 9.59 Å². The molecular formula is C21H25N5O2S. The van der Waals surface area contributed by atoms with E-state index in [0.29, 0.717) is 43.5 Å². The van der Waals surface area contributed by atoms with E-state index in [-0.39, 0.29) is 11.8 Å². The number of amides is 2. The van der Waals surface area contributed by atoms with Crippen molar-refractivity contribution in [1.82, 2.24) is 19.8 Å². The lowest BCUT2D eigenvalue weighted by Gasteiger charge is -2.34. The van der Waals surface area contributed by atoms with Crippen molar-refractivity contribution < 1.29 is 9.59 Å². The van der Waals surface area contributed by atoms with Crippen LogP contribution in [-0.2, 0) is 11.2 Å². The summed E-state index contributed by atoms with van der Waals surface area (Å²) >= 11 is 1.51. The number of rotatable bonds is 5. The van der Waals surface area contributed by atoms with E-state index >= 15 is 0 Å². The molecule has 0 radical (unpaired) electrons. The van der Waals surface area contributed by atoms with Gasteiger partial charge in [-0.25, -0.2) is 4.98 Å². The van der Waals surface area contributed by atoms with Crippen LogP contribution in [0, 0.1) is 6.92 Å². The Balaban J connectivity index is 1.29. The molecule has 8 heteroatoms. The number of nitrogens with one attached hydrogen (secondary N) is 2. The fourth-order valence-corrected chi connectivity index (χ4v) is 4.56. The number of hydrogen-bond acceptors (Lipinski definition) is 5. The molecule has 0 spiro atoms. The quantitative estimate of drug-likeness (QED) is 0.676. The predicted molar refractivity (Wildman–Crippen MR) is 116 cm³/mol. The molecule has 0 bridgehead atoms. The van der Waals surface area contributed by atoms with E-state index in [1.165, 1.54) is 11.3 Å². The fraction of sp³-hybridized carbons (Fsp3) is 0.381. The van der Waals surface area contributed by atoms with E-state index in [0.717, 1.165) is 27.9 Å². The van der Waals surface area contributed by atoms with Crippen molar-refractivity contribution in [3.05, 3.63) is 46.6 Å². The second-order valence-corrected chi connectivity index (χ2v) is 8.47. The molecule has 152 valence electrons. The second kappa shape index (κ2) is 8.34. The number of fused-ring (bicyclic) bond motifs is 1. The maximum absolute atomic E-state index is 12.8. The zero-order valence-corrected chi connectivity index (χ0v) is 17.5. The number of piperazine rings is 1. The van der Waals surface area contributed by atoms with Gasteiger partial charge in [-0.1, -0.05) is 25.1 Å². The smallest absolute Gasteiger partial charge is 0.270 e. The standard InChI is InChI=1S/C21H25N5O2S/c1-3-16-14(2)29-21(23-16)24-19(27)13-25-8-10-26(11-9-25)20(28)18-12-15-6-4-5-7-17(15)22-18/h4-7,12,22H,3,8-11,13H2,1-2H3,(H,23,24,27). The number of para-hydroxylation sites is 1. The molecule has 1 aliphatic rings. The number of H-pyrrole nitrogens is 1. The summed E-state index contributed by atoms with van der Waals surface area (Å²) < 4.78 is 0. The Hall–Kier alpha value is -2.71. The number of thiazole rings is 1. The third kappa shape index (κ3) is 4.33. The minimum Gasteiger partial charge on any atom is -0.351 e. The maximum Gasteiger partial charge on any atom is 0.270 e. The number of nitrogens with zero attached hydrogens (tertiary/aromatic N) is 3. The highest BCUT2D eigenvalue weighted by Gasteiger charge is 2.24. The van der Waals surface area contributed by atoms with Gasteiger partial charge in [-0.15, -0.1) is 11.3 Å². The van der Waals surface area contributed by atoms with Crippen LogP contribution in [-0.4, -0.2) is 64.3 Å². The Morgan fingerprint density at radius 3 is 2.66 bits per heavy atom. The highest BCUT2D eigenvalue weighted by molar-refractivity contribution is 7.15. The average molecular weight is 412 g/mol. The third-order valence-corrected chi connectivity index (χ3v) is 6.19. The van der Waals surface area contributed by atoms with Gasteiger partial charge in [0.05, 0.1) is 12.2 Å². The van der Waals surface area contributed by atoms with Crippen LogP contribution in [0.3, 0.4) is 0 Å². The first-order chi connectivity index (χ1) is 14.0. The summed E-state index contributed by atoms with van der Waals surface area (Å²) in [5.74, 6) is -0.0487. The molecule has 3 aromatic rings. The number of anilines is 1. The van der Waals surface area contributed by atoms with E-state index in [1.807, 2.05) is 42.2 Å². The SMILES string of the molecule is CCc1nc(NC(=O)CN2CCN(C(=O)c3cc4ccccc4[nH]3)CC2)sc1C. The molecule has 0 unspecified atom stereocenters. The summed E-state index contributed by atoms with van der Waals surface area (Å²) in [6.45, 7) is 6.97.